The minimum atomic E-state index is -0.624. The maximum absolute atomic E-state index is 9.64. The van der Waals surface area contributed by atoms with E-state index in [0.717, 1.165) is 30.6 Å². The van der Waals surface area contributed by atoms with Gasteiger partial charge in [0.2, 0.25) is 0 Å². The third kappa shape index (κ3) is 1.86. The largest absolute Gasteiger partial charge is 0.402 e. The average molecular weight is 192 g/mol. The first kappa shape index (κ1) is 10.5. The lowest BCUT2D eigenvalue weighted by Gasteiger charge is -2.49. The lowest BCUT2D eigenvalue weighted by Crippen LogP contribution is -2.43. The van der Waals surface area contributed by atoms with Gasteiger partial charge >= 0.3 is 0 Å². The zero-order valence-electron chi connectivity index (χ0n) is 9.37. The van der Waals surface area contributed by atoms with E-state index in [0.29, 0.717) is 0 Å². The van der Waals surface area contributed by atoms with Gasteiger partial charge < -0.3 is 5.11 Å². The lowest BCUT2D eigenvalue weighted by atomic mass is 9.55. The fourth-order valence-corrected chi connectivity index (χ4v) is 3.88. The van der Waals surface area contributed by atoms with E-state index in [1.54, 1.807) is 0 Å². The Bertz CT molecular complexity index is 196. The number of hydrogen-bond acceptors (Lipinski definition) is 1. The predicted molar refractivity (Wildman–Crippen MR) is 59.1 cm³/mol. The topological polar surface area (TPSA) is 20.2 Å². The highest BCUT2D eigenvalue weighted by atomic mass is 16.3. The molecule has 1 N–H and O–H groups in total. The number of aliphatic hydroxyl groups excluding tert-OH is 1. The fraction of sp³-hybridized carbons (Fsp3) is 1.00. The van der Waals surface area contributed by atoms with Gasteiger partial charge in [-0.3, -0.25) is 0 Å². The minimum absolute atomic E-state index is 0.00623. The van der Waals surface area contributed by atoms with Crippen LogP contribution in [-0.4, -0.2) is 19.0 Å². The Morgan fingerprint density at radius 3 is 2.14 bits per heavy atom. The molecule has 3 atom stereocenters. The van der Waals surface area contributed by atoms with Gasteiger partial charge in [0.05, 0.1) is 0 Å². The minimum Gasteiger partial charge on any atom is -0.402 e. The second-order valence-electron chi connectivity index (χ2n) is 6.05. The van der Waals surface area contributed by atoms with E-state index in [2.05, 4.69) is 13.8 Å². The summed E-state index contributed by atoms with van der Waals surface area (Å²) in [5, 5.41) is 9.64. The van der Waals surface area contributed by atoms with Crippen LogP contribution in [0.15, 0.2) is 0 Å². The predicted octanol–water partition coefficient (Wildman–Crippen LogP) is 2.33. The Morgan fingerprint density at radius 1 is 1.21 bits per heavy atom. The van der Waals surface area contributed by atoms with Crippen LogP contribution >= 0.6 is 0 Å². The molecule has 2 aliphatic rings. The molecular weight excluding hydrogens is 171 g/mol. The molecule has 78 valence electrons. The van der Waals surface area contributed by atoms with Gasteiger partial charge in [0.15, 0.2) is 0 Å². The van der Waals surface area contributed by atoms with Crippen molar-refractivity contribution in [2.24, 2.45) is 23.2 Å². The molecule has 2 radical (unpaired) electrons. The molecule has 2 fully saturated rings. The third-order valence-corrected chi connectivity index (χ3v) is 4.36. The molecule has 1 nitrogen and oxygen atoms in total. The van der Waals surface area contributed by atoms with E-state index in [1.165, 1.54) is 19.3 Å². The van der Waals surface area contributed by atoms with Crippen LogP contribution < -0.4 is 0 Å². The Balaban J connectivity index is 2.08. The monoisotopic (exact) mass is 192 g/mol. The van der Waals surface area contributed by atoms with Gasteiger partial charge in [0.25, 0.3) is 0 Å². The third-order valence-electron chi connectivity index (χ3n) is 4.36. The maximum atomic E-state index is 9.64. The summed E-state index contributed by atoms with van der Waals surface area (Å²) in [6.45, 7) is 4.52. The fourth-order valence-electron chi connectivity index (χ4n) is 3.88. The molecule has 2 rings (SSSR count). The van der Waals surface area contributed by atoms with E-state index in [-0.39, 0.29) is 5.41 Å². The van der Waals surface area contributed by atoms with Gasteiger partial charge in [-0.25, -0.2) is 0 Å². The summed E-state index contributed by atoms with van der Waals surface area (Å²) in [4.78, 5) is 0. The first-order valence-electron chi connectivity index (χ1n) is 5.93. The van der Waals surface area contributed by atoms with Gasteiger partial charge in [-0.05, 0) is 55.3 Å². The first-order valence-corrected chi connectivity index (χ1v) is 5.93. The second-order valence-corrected chi connectivity index (χ2v) is 6.05. The van der Waals surface area contributed by atoms with Crippen LogP contribution in [0, 0.1) is 23.2 Å². The summed E-state index contributed by atoms with van der Waals surface area (Å²) in [6.07, 6.45) is 6.33. The summed E-state index contributed by atoms with van der Waals surface area (Å²) in [6, 6.07) is -0.624. The van der Waals surface area contributed by atoms with Crippen molar-refractivity contribution in [3.8, 4) is 0 Å². The van der Waals surface area contributed by atoms with Crippen molar-refractivity contribution in [3.63, 3.8) is 0 Å². The smallest absolute Gasteiger partial charge is 0.109 e. The number of aliphatic hydroxyl groups is 1. The maximum Gasteiger partial charge on any atom is 0.109 e. The number of hydrogen-bond donors (Lipinski definition) is 1. The quantitative estimate of drug-likeness (QED) is 0.632. The van der Waals surface area contributed by atoms with Crippen molar-refractivity contribution in [2.75, 3.05) is 0 Å². The summed E-state index contributed by atoms with van der Waals surface area (Å²) in [7, 11) is 5.69. The highest BCUT2D eigenvalue weighted by Gasteiger charge is 2.42. The molecule has 3 unspecified atom stereocenters. The molecule has 14 heavy (non-hydrogen) atoms. The molecule has 0 aromatic rings. The van der Waals surface area contributed by atoms with Crippen LogP contribution in [0.1, 0.15) is 46.0 Å². The Labute approximate surface area is 88.7 Å². The van der Waals surface area contributed by atoms with Crippen LogP contribution in [0.25, 0.3) is 0 Å². The van der Waals surface area contributed by atoms with Gasteiger partial charge in [-0.1, -0.05) is 13.8 Å². The van der Waals surface area contributed by atoms with Crippen LogP contribution in [0.3, 0.4) is 0 Å². The van der Waals surface area contributed by atoms with E-state index in [9.17, 15) is 5.11 Å². The molecule has 0 spiro atoms. The molecule has 2 saturated carbocycles. The molecule has 2 heteroatoms. The van der Waals surface area contributed by atoms with Crippen molar-refractivity contribution in [2.45, 2.75) is 52.0 Å². The highest BCUT2D eigenvalue weighted by molar-refractivity contribution is 6.11. The van der Waals surface area contributed by atoms with Crippen LogP contribution in [-0.2, 0) is 0 Å². The van der Waals surface area contributed by atoms with Crippen molar-refractivity contribution < 1.29 is 5.11 Å². The molecule has 2 aliphatic carbocycles. The van der Waals surface area contributed by atoms with E-state index >= 15 is 0 Å². The van der Waals surface area contributed by atoms with Crippen LogP contribution in [0.2, 0.25) is 0 Å². The van der Waals surface area contributed by atoms with Crippen LogP contribution in [0.5, 0.6) is 0 Å². The lowest BCUT2D eigenvalue weighted by molar-refractivity contribution is -0.0110. The molecule has 0 aromatic carbocycles. The zero-order chi connectivity index (χ0) is 10.3. The Morgan fingerprint density at radius 2 is 1.71 bits per heavy atom. The zero-order valence-corrected chi connectivity index (χ0v) is 9.37. The highest BCUT2D eigenvalue weighted by Crippen LogP contribution is 2.51. The van der Waals surface area contributed by atoms with Crippen molar-refractivity contribution >= 4 is 7.85 Å². The summed E-state index contributed by atoms with van der Waals surface area (Å²) < 4.78 is 0. The molecule has 0 amide bonds. The second kappa shape index (κ2) is 3.55. The van der Waals surface area contributed by atoms with Gasteiger partial charge in [-0.15, -0.1) is 0 Å². The normalized spacial score (nSPS) is 50.1. The molecule has 2 bridgehead atoms. The summed E-state index contributed by atoms with van der Waals surface area (Å²) in [5.41, 5.74) is -0.00623. The molecule has 0 aliphatic heterocycles. The van der Waals surface area contributed by atoms with E-state index < -0.39 is 6.00 Å². The van der Waals surface area contributed by atoms with Crippen LogP contribution in [0.4, 0.5) is 0 Å². The Hall–Kier alpha value is 0.0249. The van der Waals surface area contributed by atoms with E-state index in [1.807, 2.05) is 0 Å². The van der Waals surface area contributed by atoms with E-state index in [4.69, 9.17) is 7.85 Å². The standard InChI is InChI=1S/C12H21BO/c1-8-3-9-5-10(4-8)7-12(2,6-9)11(13)14/h8-11,14H,3-7H2,1-2H3. The Kier molecular flexibility index (Phi) is 2.67. The number of fused-ring (bicyclic) bond motifs is 2. The van der Waals surface area contributed by atoms with Crippen molar-refractivity contribution in [3.05, 3.63) is 0 Å². The molecule has 0 aromatic heterocycles. The van der Waals surface area contributed by atoms with Gasteiger partial charge in [0.1, 0.15) is 7.85 Å². The SMILES string of the molecule is [B]C(O)C1(C)CC2CC(C)CC(C2)C1. The summed E-state index contributed by atoms with van der Waals surface area (Å²) in [5.74, 6) is 2.53. The first-order chi connectivity index (χ1) is 6.49. The molecule has 0 heterocycles. The number of rotatable bonds is 1. The van der Waals surface area contributed by atoms with Gasteiger partial charge in [0, 0.05) is 6.00 Å². The van der Waals surface area contributed by atoms with Crippen molar-refractivity contribution in [1.82, 2.24) is 0 Å². The average Bonchev–Trinajstić information content (AvgIpc) is 2.00. The molecule has 0 saturated heterocycles. The summed E-state index contributed by atoms with van der Waals surface area (Å²) >= 11 is 0. The van der Waals surface area contributed by atoms with Gasteiger partial charge in [-0.2, -0.15) is 0 Å². The van der Waals surface area contributed by atoms with Crippen molar-refractivity contribution in [1.29, 1.82) is 0 Å². The molecular formula is C12H21BO.